The predicted molar refractivity (Wildman–Crippen MR) is 125 cm³/mol. The Morgan fingerprint density at radius 1 is 1.19 bits per heavy atom. The largest absolute Gasteiger partial charge is 0.322 e. The minimum atomic E-state index is -3.35. The highest BCUT2D eigenvalue weighted by molar-refractivity contribution is 7.98. The van der Waals surface area contributed by atoms with E-state index in [2.05, 4.69) is 10.3 Å². The minimum Gasteiger partial charge on any atom is -0.322 e. The molecule has 4 rings (SSSR count). The molecule has 0 bridgehead atoms. The topological polar surface area (TPSA) is 79.4 Å². The van der Waals surface area contributed by atoms with Gasteiger partial charge in [0.05, 0.1) is 11.9 Å². The number of nitrogens with zero attached hydrogens (tertiary/aromatic N) is 2. The number of hydrogen-bond acceptors (Lipinski definition) is 5. The highest BCUT2D eigenvalue weighted by Gasteiger charge is 2.32. The van der Waals surface area contributed by atoms with Gasteiger partial charge < -0.3 is 5.32 Å². The Bertz CT molecular complexity index is 1200. The summed E-state index contributed by atoms with van der Waals surface area (Å²) in [6.45, 7) is 1.87. The van der Waals surface area contributed by atoms with Crippen molar-refractivity contribution in [2.24, 2.45) is 0 Å². The van der Waals surface area contributed by atoms with Crippen molar-refractivity contribution in [2.45, 2.75) is 30.0 Å². The lowest BCUT2D eigenvalue weighted by molar-refractivity contribution is 0.102. The van der Waals surface area contributed by atoms with Crippen molar-refractivity contribution in [3.63, 3.8) is 0 Å². The molecule has 0 radical (unpaired) electrons. The fraction of sp³-hybridized carbons (Fsp3) is 0.217. The second-order valence-electron chi connectivity index (χ2n) is 7.58. The van der Waals surface area contributed by atoms with Crippen LogP contribution in [0.4, 0.5) is 11.4 Å². The van der Waals surface area contributed by atoms with E-state index in [1.807, 2.05) is 49.5 Å². The highest BCUT2D eigenvalue weighted by atomic mass is 32.2. The first kappa shape index (κ1) is 21.4. The van der Waals surface area contributed by atoms with E-state index < -0.39 is 10.0 Å². The standard InChI is InChI=1S/C23H23N3O3S2/c1-16-12-19-13-18(5-10-22(19)26(16)31(2,28)29)23(27)25-20-6-8-21(9-7-20)30-15-17-4-3-11-24-14-17/h3-11,13-14,16H,12,15H2,1-2H3,(H,25,27). The zero-order valence-electron chi connectivity index (χ0n) is 17.3. The fourth-order valence-corrected chi connectivity index (χ4v) is 5.83. The fourth-order valence-electron chi connectivity index (χ4n) is 3.74. The number of carbonyl (C=O) groups is 1. The molecule has 2 heterocycles. The average molecular weight is 454 g/mol. The van der Waals surface area contributed by atoms with E-state index >= 15 is 0 Å². The third-order valence-corrected chi connectivity index (χ3v) is 7.45. The van der Waals surface area contributed by atoms with Crippen molar-refractivity contribution in [2.75, 3.05) is 15.9 Å². The van der Waals surface area contributed by atoms with Crippen molar-refractivity contribution in [1.29, 1.82) is 0 Å². The van der Waals surface area contributed by atoms with Crippen LogP contribution in [-0.2, 0) is 22.2 Å². The van der Waals surface area contributed by atoms with E-state index in [0.29, 0.717) is 23.4 Å². The number of amides is 1. The maximum Gasteiger partial charge on any atom is 0.255 e. The summed E-state index contributed by atoms with van der Waals surface area (Å²) < 4.78 is 25.5. The van der Waals surface area contributed by atoms with Gasteiger partial charge in [0.1, 0.15) is 0 Å². The first-order valence-corrected chi connectivity index (χ1v) is 12.7. The summed E-state index contributed by atoms with van der Waals surface area (Å²) in [7, 11) is -3.35. The summed E-state index contributed by atoms with van der Waals surface area (Å²) in [5.41, 5.74) is 3.90. The van der Waals surface area contributed by atoms with E-state index in [1.54, 1.807) is 36.2 Å². The van der Waals surface area contributed by atoms with Crippen LogP contribution in [0.5, 0.6) is 0 Å². The van der Waals surface area contributed by atoms with Crippen LogP contribution in [0.25, 0.3) is 0 Å². The van der Waals surface area contributed by atoms with Crippen molar-refractivity contribution >= 4 is 39.1 Å². The summed E-state index contributed by atoms with van der Waals surface area (Å²) in [4.78, 5) is 17.9. The summed E-state index contributed by atoms with van der Waals surface area (Å²) in [5, 5.41) is 2.91. The Kier molecular flexibility index (Phi) is 6.02. The maximum absolute atomic E-state index is 12.7. The molecule has 1 unspecified atom stereocenters. The van der Waals surface area contributed by atoms with Gasteiger partial charge in [-0.2, -0.15) is 0 Å². The van der Waals surface area contributed by atoms with Crippen LogP contribution >= 0.6 is 11.8 Å². The molecule has 1 N–H and O–H groups in total. The van der Waals surface area contributed by atoms with Crippen molar-refractivity contribution < 1.29 is 13.2 Å². The number of aromatic nitrogens is 1. The Morgan fingerprint density at radius 2 is 1.97 bits per heavy atom. The second-order valence-corrected chi connectivity index (χ2v) is 10.5. The number of nitrogens with one attached hydrogen (secondary N) is 1. The van der Waals surface area contributed by atoms with E-state index in [0.717, 1.165) is 21.8 Å². The van der Waals surface area contributed by atoms with Crippen LogP contribution in [0.3, 0.4) is 0 Å². The summed E-state index contributed by atoms with van der Waals surface area (Å²) >= 11 is 1.71. The van der Waals surface area contributed by atoms with Gasteiger partial charge in [0.2, 0.25) is 10.0 Å². The average Bonchev–Trinajstić information content (AvgIpc) is 3.09. The molecule has 0 fully saturated rings. The highest BCUT2D eigenvalue weighted by Crippen LogP contribution is 2.35. The molecule has 1 atom stereocenters. The number of fused-ring (bicyclic) bond motifs is 1. The third kappa shape index (κ3) is 4.91. The van der Waals surface area contributed by atoms with Gasteiger partial charge in [-0.15, -0.1) is 11.8 Å². The minimum absolute atomic E-state index is 0.153. The van der Waals surface area contributed by atoms with E-state index in [1.165, 1.54) is 10.6 Å². The molecule has 1 amide bonds. The molecule has 1 aliphatic heterocycles. The number of anilines is 2. The molecule has 2 aromatic carbocycles. The Morgan fingerprint density at radius 3 is 2.65 bits per heavy atom. The van der Waals surface area contributed by atoms with Gasteiger partial charge in [0.15, 0.2) is 0 Å². The van der Waals surface area contributed by atoms with E-state index in [-0.39, 0.29) is 11.9 Å². The van der Waals surface area contributed by atoms with E-state index in [4.69, 9.17) is 0 Å². The number of carbonyl (C=O) groups excluding carboxylic acids is 1. The van der Waals surface area contributed by atoms with Crippen LogP contribution in [0.1, 0.15) is 28.4 Å². The van der Waals surface area contributed by atoms with Crippen LogP contribution in [0, 0.1) is 0 Å². The molecular weight excluding hydrogens is 430 g/mol. The summed E-state index contributed by atoms with van der Waals surface area (Å²) in [6, 6.07) is 16.7. The molecule has 6 nitrogen and oxygen atoms in total. The van der Waals surface area contributed by atoms with Crippen molar-refractivity contribution in [1.82, 2.24) is 4.98 Å². The number of rotatable bonds is 6. The van der Waals surface area contributed by atoms with Crippen LogP contribution in [0.2, 0.25) is 0 Å². The molecule has 8 heteroatoms. The lowest BCUT2D eigenvalue weighted by Gasteiger charge is -2.21. The molecule has 0 saturated heterocycles. The zero-order valence-corrected chi connectivity index (χ0v) is 18.9. The predicted octanol–water partition coefficient (Wildman–Crippen LogP) is 4.34. The molecule has 1 aliphatic rings. The summed E-state index contributed by atoms with van der Waals surface area (Å²) in [6.07, 6.45) is 5.41. The van der Waals surface area contributed by atoms with E-state index in [9.17, 15) is 13.2 Å². The first-order chi connectivity index (χ1) is 14.8. The lowest BCUT2D eigenvalue weighted by atomic mass is 10.1. The van der Waals surface area contributed by atoms with Crippen molar-refractivity contribution in [3.8, 4) is 0 Å². The van der Waals surface area contributed by atoms with Gasteiger partial charge in [-0.05, 0) is 73.0 Å². The number of sulfonamides is 1. The molecule has 0 spiro atoms. The summed E-state index contributed by atoms with van der Waals surface area (Å²) in [5.74, 6) is 0.612. The van der Waals surface area contributed by atoms with Gasteiger partial charge in [-0.3, -0.25) is 14.1 Å². The van der Waals surface area contributed by atoms with Gasteiger partial charge >= 0.3 is 0 Å². The van der Waals surface area contributed by atoms with Gasteiger partial charge in [-0.1, -0.05) is 6.07 Å². The van der Waals surface area contributed by atoms with Crippen LogP contribution < -0.4 is 9.62 Å². The molecule has 0 saturated carbocycles. The smallest absolute Gasteiger partial charge is 0.255 e. The Labute approximate surface area is 186 Å². The maximum atomic E-state index is 12.7. The molecule has 1 aromatic heterocycles. The molecule has 31 heavy (non-hydrogen) atoms. The SMILES string of the molecule is CC1Cc2cc(C(=O)Nc3ccc(SCc4cccnc4)cc3)ccc2N1S(C)(=O)=O. The molecule has 0 aliphatic carbocycles. The van der Waals surface area contributed by atoms with Gasteiger partial charge in [0, 0.05) is 40.3 Å². The van der Waals surface area contributed by atoms with Gasteiger partial charge in [-0.25, -0.2) is 8.42 Å². The first-order valence-electron chi connectivity index (χ1n) is 9.87. The van der Waals surface area contributed by atoms with Crippen molar-refractivity contribution in [3.05, 3.63) is 83.7 Å². The quantitative estimate of drug-likeness (QED) is 0.562. The van der Waals surface area contributed by atoms with Crippen LogP contribution in [-0.4, -0.2) is 31.6 Å². The van der Waals surface area contributed by atoms with Crippen LogP contribution in [0.15, 0.2) is 71.9 Å². The number of benzene rings is 2. The third-order valence-electron chi connectivity index (χ3n) is 5.09. The Hall–Kier alpha value is -2.84. The number of pyridine rings is 1. The molecular formula is C23H23N3O3S2. The lowest BCUT2D eigenvalue weighted by Crippen LogP contribution is -2.34. The Balaban J connectivity index is 1.41. The monoisotopic (exact) mass is 453 g/mol. The zero-order chi connectivity index (χ0) is 22.0. The normalized spacial score (nSPS) is 15.5. The second kappa shape index (κ2) is 8.72. The van der Waals surface area contributed by atoms with Gasteiger partial charge in [0.25, 0.3) is 5.91 Å². The molecule has 160 valence electrons. The number of thioether (sulfide) groups is 1. The molecule has 3 aromatic rings. The number of hydrogen-bond donors (Lipinski definition) is 1.